The van der Waals surface area contributed by atoms with Gasteiger partial charge in [-0.05, 0) is 48.4 Å². The summed E-state index contributed by atoms with van der Waals surface area (Å²) in [5.41, 5.74) is 2.91. The molecule has 1 N–H and O–H groups in total. The summed E-state index contributed by atoms with van der Waals surface area (Å²) in [5.74, 6) is -0.542. The molecule has 1 saturated heterocycles. The van der Waals surface area contributed by atoms with Gasteiger partial charge in [-0.3, -0.25) is 14.5 Å². The number of urea groups is 1. The molecule has 28 heavy (non-hydrogen) atoms. The number of nitrogens with one attached hydrogen (secondary N) is 1. The third kappa shape index (κ3) is 2.37. The first-order chi connectivity index (χ1) is 13.6. The predicted molar refractivity (Wildman–Crippen MR) is 104 cm³/mol. The van der Waals surface area contributed by atoms with Crippen LogP contribution in [0, 0.1) is 0 Å². The summed E-state index contributed by atoms with van der Waals surface area (Å²) in [5, 5.41) is 2.91. The molecule has 2 heterocycles. The lowest BCUT2D eigenvalue weighted by Crippen LogP contribution is -2.47. The minimum absolute atomic E-state index is 0.227. The topological polar surface area (TPSA) is 69.7 Å². The van der Waals surface area contributed by atoms with Gasteiger partial charge in [0.1, 0.15) is 12.1 Å². The van der Waals surface area contributed by atoms with Gasteiger partial charge in [0.25, 0.3) is 5.91 Å². The van der Waals surface area contributed by atoms with Crippen molar-refractivity contribution in [2.45, 2.75) is 31.2 Å². The van der Waals surface area contributed by atoms with Crippen molar-refractivity contribution in [3.63, 3.8) is 0 Å². The van der Waals surface area contributed by atoms with Gasteiger partial charge in [-0.2, -0.15) is 0 Å². The van der Waals surface area contributed by atoms with Crippen molar-refractivity contribution < 1.29 is 14.4 Å². The average Bonchev–Trinajstić information content (AvgIpc) is 3.24. The Kier molecular flexibility index (Phi) is 3.75. The van der Waals surface area contributed by atoms with Gasteiger partial charge < -0.3 is 10.2 Å². The second-order valence-electron chi connectivity index (χ2n) is 7.66. The molecule has 1 aliphatic carbocycles. The van der Waals surface area contributed by atoms with E-state index in [1.165, 1.54) is 0 Å². The minimum Gasteiger partial charge on any atom is -0.319 e. The van der Waals surface area contributed by atoms with Crippen LogP contribution >= 0.6 is 0 Å². The maximum absolute atomic E-state index is 13.3. The number of hydrogen-bond acceptors (Lipinski definition) is 3. The highest BCUT2D eigenvalue weighted by Crippen LogP contribution is 2.40. The fourth-order valence-corrected chi connectivity index (χ4v) is 4.77. The van der Waals surface area contributed by atoms with Gasteiger partial charge in [0.15, 0.2) is 0 Å². The molecule has 2 aliphatic heterocycles. The van der Waals surface area contributed by atoms with Gasteiger partial charge in [0, 0.05) is 12.2 Å². The van der Waals surface area contributed by atoms with Crippen LogP contribution in [-0.2, 0) is 28.0 Å². The van der Waals surface area contributed by atoms with Gasteiger partial charge in [0.2, 0.25) is 5.91 Å². The number of amides is 4. The Morgan fingerprint density at radius 2 is 1.75 bits per heavy atom. The highest BCUT2D eigenvalue weighted by molar-refractivity contribution is 6.11. The first-order valence-corrected chi connectivity index (χ1v) is 9.71. The number of fused-ring (bicyclic) bond motifs is 3. The number of anilines is 1. The number of aryl methyl sites for hydroxylation is 1. The van der Waals surface area contributed by atoms with E-state index in [1.54, 1.807) is 4.90 Å². The molecule has 1 spiro atoms. The third-order valence-corrected chi connectivity index (χ3v) is 6.13. The molecule has 4 amide bonds. The zero-order chi connectivity index (χ0) is 19.3. The van der Waals surface area contributed by atoms with E-state index < -0.39 is 11.6 Å². The highest BCUT2D eigenvalue weighted by atomic mass is 16.2. The van der Waals surface area contributed by atoms with Crippen molar-refractivity contribution >= 4 is 23.5 Å². The first kappa shape index (κ1) is 17.0. The van der Waals surface area contributed by atoms with Gasteiger partial charge in [-0.25, -0.2) is 4.79 Å². The van der Waals surface area contributed by atoms with E-state index in [1.807, 2.05) is 48.5 Å². The maximum atomic E-state index is 13.3. The lowest BCUT2D eigenvalue weighted by Gasteiger charge is -2.33. The van der Waals surface area contributed by atoms with Crippen molar-refractivity contribution in [1.29, 1.82) is 0 Å². The number of rotatable bonds is 2. The fourth-order valence-electron chi connectivity index (χ4n) is 4.77. The minimum atomic E-state index is -1.03. The van der Waals surface area contributed by atoms with E-state index in [2.05, 4.69) is 5.32 Å². The van der Waals surface area contributed by atoms with Crippen LogP contribution in [0.4, 0.5) is 10.5 Å². The van der Waals surface area contributed by atoms with Crippen LogP contribution in [0.2, 0.25) is 0 Å². The predicted octanol–water partition coefficient (Wildman–Crippen LogP) is 2.36. The number of hydrogen-bond donors (Lipinski definition) is 1. The molecule has 2 aromatic rings. The first-order valence-electron chi connectivity index (χ1n) is 9.71. The number of carbonyl (C=O) groups excluding carboxylic acids is 3. The lowest BCUT2D eigenvalue weighted by atomic mass is 9.76. The Labute approximate surface area is 163 Å². The smallest absolute Gasteiger partial charge is 0.319 e. The summed E-state index contributed by atoms with van der Waals surface area (Å²) in [6.45, 7) is 0.346. The molecule has 142 valence electrons. The van der Waals surface area contributed by atoms with Crippen LogP contribution in [0.5, 0.6) is 0 Å². The van der Waals surface area contributed by atoms with E-state index in [9.17, 15) is 14.4 Å². The molecule has 1 atom stereocenters. The maximum Gasteiger partial charge on any atom is 0.325 e. The summed E-state index contributed by atoms with van der Waals surface area (Å²) in [6.07, 6.45) is 3.07. The molecule has 0 bridgehead atoms. The van der Waals surface area contributed by atoms with E-state index >= 15 is 0 Å². The van der Waals surface area contributed by atoms with Crippen LogP contribution in [-0.4, -0.2) is 35.8 Å². The Morgan fingerprint density at radius 3 is 2.61 bits per heavy atom. The van der Waals surface area contributed by atoms with Crippen LogP contribution in [0.3, 0.4) is 0 Å². The van der Waals surface area contributed by atoms with Crippen molar-refractivity contribution in [1.82, 2.24) is 10.2 Å². The summed E-state index contributed by atoms with van der Waals surface area (Å²) >= 11 is 0. The monoisotopic (exact) mass is 375 g/mol. The number of nitrogens with zero attached hydrogens (tertiary/aromatic N) is 2. The lowest BCUT2D eigenvalue weighted by molar-refractivity contribution is -0.135. The Bertz CT molecular complexity index is 1000. The standard InChI is InChI=1S/C22H21N3O3/c26-19(24-13-11-16-7-2-4-10-18(16)24)14-25-20(27)22(23-21(25)28)12-5-8-15-6-1-3-9-17(15)22/h1-4,6-7,9-10H,5,8,11-14H2,(H,23,28)/t22-/m1/s1. The van der Waals surface area contributed by atoms with Crippen molar-refractivity contribution in [3.8, 4) is 0 Å². The SMILES string of the molecule is O=C1N[C@@]2(CCCc3ccccc32)C(=O)N1CC(=O)N1CCc2ccccc21. The molecule has 3 aliphatic rings. The number of para-hydroxylation sites is 1. The average molecular weight is 375 g/mol. The summed E-state index contributed by atoms with van der Waals surface area (Å²) in [7, 11) is 0. The van der Waals surface area contributed by atoms with Gasteiger partial charge in [-0.1, -0.05) is 42.5 Å². The van der Waals surface area contributed by atoms with E-state index in [-0.39, 0.29) is 18.4 Å². The number of imide groups is 1. The molecule has 0 radical (unpaired) electrons. The van der Waals surface area contributed by atoms with Crippen LogP contribution in [0.25, 0.3) is 0 Å². The van der Waals surface area contributed by atoms with Crippen molar-refractivity contribution in [3.05, 3.63) is 65.2 Å². The summed E-state index contributed by atoms with van der Waals surface area (Å²) < 4.78 is 0. The molecule has 1 fully saturated rings. The Hall–Kier alpha value is -3.15. The van der Waals surface area contributed by atoms with E-state index in [4.69, 9.17) is 0 Å². The van der Waals surface area contributed by atoms with Gasteiger partial charge >= 0.3 is 6.03 Å². The van der Waals surface area contributed by atoms with Gasteiger partial charge in [0.05, 0.1) is 0 Å². The largest absolute Gasteiger partial charge is 0.325 e. The van der Waals surface area contributed by atoms with E-state index in [0.29, 0.717) is 13.0 Å². The van der Waals surface area contributed by atoms with Crippen LogP contribution in [0.15, 0.2) is 48.5 Å². The molecular weight excluding hydrogens is 354 g/mol. The molecule has 6 heteroatoms. The highest BCUT2D eigenvalue weighted by Gasteiger charge is 2.54. The van der Waals surface area contributed by atoms with Crippen molar-refractivity contribution in [2.75, 3.05) is 18.0 Å². The summed E-state index contributed by atoms with van der Waals surface area (Å²) in [4.78, 5) is 41.7. The molecule has 0 saturated carbocycles. The fraction of sp³-hybridized carbons (Fsp3) is 0.318. The number of benzene rings is 2. The number of carbonyl (C=O) groups is 3. The van der Waals surface area contributed by atoms with Crippen LogP contribution < -0.4 is 10.2 Å². The Morgan fingerprint density at radius 1 is 1.00 bits per heavy atom. The Balaban J connectivity index is 1.42. The second kappa shape index (κ2) is 6.19. The zero-order valence-corrected chi connectivity index (χ0v) is 15.5. The quantitative estimate of drug-likeness (QED) is 0.820. The molecule has 2 aromatic carbocycles. The molecular formula is C22H21N3O3. The third-order valence-electron chi connectivity index (χ3n) is 6.13. The van der Waals surface area contributed by atoms with Crippen molar-refractivity contribution in [2.24, 2.45) is 0 Å². The van der Waals surface area contributed by atoms with Crippen LogP contribution in [0.1, 0.15) is 29.5 Å². The molecule has 0 unspecified atom stereocenters. The molecule has 0 aromatic heterocycles. The second-order valence-corrected chi connectivity index (χ2v) is 7.66. The zero-order valence-electron chi connectivity index (χ0n) is 15.5. The van der Waals surface area contributed by atoms with Gasteiger partial charge in [-0.15, -0.1) is 0 Å². The van der Waals surface area contributed by atoms with E-state index in [0.717, 1.165) is 46.5 Å². The molecule has 6 nitrogen and oxygen atoms in total. The summed E-state index contributed by atoms with van der Waals surface area (Å²) in [6, 6.07) is 15.0. The molecule has 5 rings (SSSR count). The normalized spacial score (nSPS) is 23.0.